The predicted molar refractivity (Wildman–Crippen MR) is 116 cm³/mol. The van der Waals surface area contributed by atoms with E-state index >= 15 is 0 Å². The third kappa shape index (κ3) is 4.67. The number of fused-ring (bicyclic) bond motifs is 1. The van der Waals surface area contributed by atoms with E-state index in [0.717, 1.165) is 16.9 Å². The van der Waals surface area contributed by atoms with Gasteiger partial charge in [0, 0.05) is 32.2 Å². The van der Waals surface area contributed by atoms with Crippen molar-refractivity contribution < 1.29 is 33.6 Å². The summed E-state index contributed by atoms with van der Waals surface area (Å²) in [5, 5.41) is 10.3. The van der Waals surface area contributed by atoms with Crippen LogP contribution in [0.2, 0.25) is 0 Å². The van der Waals surface area contributed by atoms with Crippen molar-refractivity contribution in [3.8, 4) is 17.2 Å². The number of benzene rings is 2. The topological polar surface area (TPSA) is 86.7 Å². The van der Waals surface area contributed by atoms with Gasteiger partial charge in [0.25, 0.3) is 0 Å². The lowest BCUT2D eigenvalue weighted by Crippen LogP contribution is -2.31. The molecule has 32 heavy (non-hydrogen) atoms. The van der Waals surface area contributed by atoms with Gasteiger partial charge in [-0.15, -0.1) is 0 Å². The maximum absolute atomic E-state index is 12.5. The minimum absolute atomic E-state index is 0.173. The molecular weight excluding hydrogens is 414 g/mol. The molecule has 172 valence electrons. The summed E-state index contributed by atoms with van der Waals surface area (Å²) in [6.45, 7) is 2.92. The van der Waals surface area contributed by atoms with Crippen LogP contribution in [0.25, 0.3) is 0 Å². The van der Waals surface area contributed by atoms with Crippen LogP contribution in [0, 0.1) is 5.92 Å². The Kier molecular flexibility index (Phi) is 7.14. The van der Waals surface area contributed by atoms with Gasteiger partial charge >= 0.3 is 5.97 Å². The minimum atomic E-state index is -0.823. The molecule has 1 N–H and O–H groups in total. The molecule has 3 unspecified atom stereocenters. The molecule has 2 aliphatic rings. The Balaban J connectivity index is 1.63. The van der Waals surface area contributed by atoms with Gasteiger partial charge in [-0.1, -0.05) is 18.2 Å². The second-order valence-corrected chi connectivity index (χ2v) is 7.90. The van der Waals surface area contributed by atoms with E-state index in [4.69, 9.17) is 23.7 Å². The van der Waals surface area contributed by atoms with Gasteiger partial charge < -0.3 is 28.8 Å². The molecule has 4 rings (SSSR count). The molecule has 8 heteroatoms. The molecule has 2 aliphatic heterocycles. The average Bonchev–Trinajstić information content (AvgIpc) is 3.43. The third-order valence-electron chi connectivity index (χ3n) is 6.12. The molecule has 2 aromatic rings. The van der Waals surface area contributed by atoms with Crippen LogP contribution >= 0.6 is 0 Å². The molecule has 2 aromatic carbocycles. The molecule has 0 amide bonds. The number of carbonyl (C=O) groups is 1. The van der Waals surface area contributed by atoms with Crippen molar-refractivity contribution >= 4 is 5.97 Å². The zero-order valence-electron chi connectivity index (χ0n) is 18.4. The van der Waals surface area contributed by atoms with Gasteiger partial charge in [-0.25, -0.2) is 0 Å². The average molecular weight is 443 g/mol. The first kappa shape index (κ1) is 22.4. The standard InChI is InChI=1S/C24H29NO7/c1-28-11-12-30-10-9-25-14-19(16-3-6-18(29-2)7-4-16)22(24(26)27)23(25)17-5-8-20-21(13-17)32-15-31-20/h3-8,13,19,22-23H,9-12,14-15H2,1-2H3,(H,26,27). The molecule has 2 heterocycles. The van der Waals surface area contributed by atoms with Crippen LogP contribution in [0.4, 0.5) is 0 Å². The third-order valence-corrected chi connectivity index (χ3v) is 6.12. The van der Waals surface area contributed by atoms with E-state index in [1.54, 1.807) is 14.2 Å². The highest BCUT2D eigenvalue weighted by Crippen LogP contribution is 2.47. The van der Waals surface area contributed by atoms with Crippen LogP contribution in [0.1, 0.15) is 23.1 Å². The number of methoxy groups -OCH3 is 2. The van der Waals surface area contributed by atoms with Crippen molar-refractivity contribution in [2.45, 2.75) is 12.0 Å². The van der Waals surface area contributed by atoms with Gasteiger partial charge in [0.05, 0.1) is 32.8 Å². The highest BCUT2D eigenvalue weighted by molar-refractivity contribution is 5.74. The number of aliphatic carboxylic acids is 1. The van der Waals surface area contributed by atoms with Crippen molar-refractivity contribution in [1.82, 2.24) is 4.90 Å². The summed E-state index contributed by atoms with van der Waals surface area (Å²) in [6.07, 6.45) is 0. The van der Waals surface area contributed by atoms with E-state index in [9.17, 15) is 9.90 Å². The highest BCUT2D eigenvalue weighted by atomic mass is 16.7. The lowest BCUT2D eigenvalue weighted by Gasteiger charge is -2.27. The molecule has 1 fully saturated rings. The maximum atomic E-state index is 12.5. The van der Waals surface area contributed by atoms with Crippen molar-refractivity contribution in [3.05, 3.63) is 53.6 Å². The van der Waals surface area contributed by atoms with Gasteiger partial charge in [0.1, 0.15) is 5.75 Å². The molecule has 0 saturated carbocycles. The summed E-state index contributed by atoms with van der Waals surface area (Å²) >= 11 is 0. The van der Waals surface area contributed by atoms with Gasteiger partial charge in [0.15, 0.2) is 11.5 Å². The van der Waals surface area contributed by atoms with Gasteiger partial charge in [-0.3, -0.25) is 9.69 Å². The number of nitrogens with zero attached hydrogens (tertiary/aromatic N) is 1. The Morgan fingerprint density at radius 2 is 1.78 bits per heavy atom. The number of likely N-dealkylation sites (tertiary alicyclic amines) is 1. The van der Waals surface area contributed by atoms with E-state index in [1.165, 1.54) is 0 Å². The van der Waals surface area contributed by atoms with Crippen molar-refractivity contribution in [2.75, 3.05) is 53.9 Å². The van der Waals surface area contributed by atoms with E-state index < -0.39 is 11.9 Å². The number of carboxylic acids is 1. The molecule has 3 atom stereocenters. The van der Waals surface area contributed by atoms with Crippen molar-refractivity contribution in [1.29, 1.82) is 0 Å². The summed E-state index contributed by atoms with van der Waals surface area (Å²) < 4.78 is 27.0. The Labute approximate surface area is 187 Å². The number of ether oxygens (including phenoxy) is 5. The summed E-state index contributed by atoms with van der Waals surface area (Å²) in [6, 6.07) is 13.0. The molecule has 0 radical (unpaired) electrons. The monoisotopic (exact) mass is 443 g/mol. The summed E-state index contributed by atoms with van der Waals surface area (Å²) in [5.41, 5.74) is 1.88. The summed E-state index contributed by atoms with van der Waals surface area (Å²) in [7, 11) is 3.25. The zero-order valence-corrected chi connectivity index (χ0v) is 18.4. The Morgan fingerprint density at radius 3 is 2.50 bits per heavy atom. The largest absolute Gasteiger partial charge is 0.497 e. The van der Waals surface area contributed by atoms with Crippen LogP contribution in [0.5, 0.6) is 17.2 Å². The smallest absolute Gasteiger partial charge is 0.309 e. The molecule has 0 aromatic heterocycles. The fourth-order valence-corrected chi connectivity index (χ4v) is 4.57. The maximum Gasteiger partial charge on any atom is 0.309 e. The molecule has 1 saturated heterocycles. The summed E-state index contributed by atoms with van der Waals surface area (Å²) in [5.74, 6) is 0.455. The first-order valence-electron chi connectivity index (χ1n) is 10.7. The fraction of sp³-hybridized carbons (Fsp3) is 0.458. The predicted octanol–water partition coefficient (Wildman–Crippen LogP) is 2.93. The number of hydrogen-bond donors (Lipinski definition) is 1. The molecule has 0 spiro atoms. The second kappa shape index (κ2) is 10.2. The zero-order chi connectivity index (χ0) is 22.5. The van der Waals surface area contributed by atoms with Gasteiger partial charge in [-0.2, -0.15) is 0 Å². The lowest BCUT2D eigenvalue weighted by atomic mass is 9.83. The van der Waals surface area contributed by atoms with Crippen molar-refractivity contribution in [2.24, 2.45) is 5.92 Å². The van der Waals surface area contributed by atoms with Crippen LogP contribution in [-0.2, 0) is 14.3 Å². The first-order valence-corrected chi connectivity index (χ1v) is 10.7. The number of carboxylic acid groups (broad SMARTS) is 1. The van der Waals surface area contributed by atoms with E-state index in [-0.39, 0.29) is 18.8 Å². The van der Waals surface area contributed by atoms with Crippen LogP contribution in [0.15, 0.2) is 42.5 Å². The van der Waals surface area contributed by atoms with E-state index in [1.807, 2.05) is 42.5 Å². The van der Waals surface area contributed by atoms with Gasteiger partial charge in [-0.05, 0) is 35.4 Å². The highest BCUT2D eigenvalue weighted by Gasteiger charge is 2.47. The molecule has 0 aliphatic carbocycles. The van der Waals surface area contributed by atoms with Crippen LogP contribution in [-0.4, -0.2) is 69.9 Å². The molecular formula is C24H29NO7. The quantitative estimate of drug-likeness (QED) is 0.561. The number of rotatable bonds is 10. The Bertz CT molecular complexity index is 917. The molecule has 0 bridgehead atoms. The molecule has 8 nitrogen and oxygen atoms in total. The van der Waals surface area contributed by atoms with Crippen molar-refractivity contribution in [3.63, 3.8) is 0 Å². The minimum Gasteiger partial charge on any atom is -0.497 e. The fourth-order valence-electron chi connectivity index (χ4n) is 4.57. The van der Waals surface area contributed by atoms with Crippen LogP contribution in [0.3, 0.4) is 0 Å². The first-order chi connectivity index (χ1) is 15.6. The number of hydrogen-bond acceptors (Lipinski definition) is 7. The Hall–Kier alpha value is -2.81. The van der Waals surface area contributed by atoms with Gasteiger partial charge in [0.2, 0.25) is 6.79 Å². The lowest BCUT2D eigenvalue weighted by molar-refractivity contribution is -0.143. The Morgan fingerprint density at radius 1 is 1.03 bits per heavy atom. The normalized spacial score (nSPS) is 22.2. The SMILES string of the molecule is COCCOCCN1CC(c2ccc(OC)cc2)C(C(=O)O)C1c1ccc2c(c1)OCO2. The summed E-state index contributed by atoms with van der Waals surface area (Å²) in [4.78, 5) is 14.7. The van der Waals surface area contributed by atoms with Crippen LogP contribution < -0.4 is 14.2 Å². The van der Waals surface area contributed by atoms with E-state index in [2.05, 4.69) is 4.90 Å². The van der Waals surface area contributed by atoms with E-state index in [0.29, 0.717) is 44.4 Å². The second-order valence-electron chi connectivity index (χ2n) is 7.90.